The number of carbonyl (C=O) groups excluding carboxylic acids is 1. The van der Waals surface area contributed by atoms with Crippen LogP contribution in [-0.4, -0.2) is 17.1 Å². The Morgan fingerprint density at radius 1 is 1.88 bits per heavy atom. The molecule has 0 spiro atoms. The monoisotopic (exact) mass is 136 g/mol. The Hall–Kier alpha value is -0.700. The summed E-state index contributed by atoms with van der Waals surface area (Å²) >= 11 is 4.74. The number of hydrogen-bond donors (Lipinski definition) is 1. The molecule has 0 saturated heterocycles. The maximum atomic E-state index is 9.75. The van der Waals surface area contributed by atoms with E-state index in [4.69, 9.17) is 16.7 Å². The molecule has 0 bridgehead atoms. The van der Waals surface area contributed by atoms with Gasteiger partial charge in [-0.3, -0.25) is 0 Å². The lowest BCUT2D eigenvalue weighted by molar-refractivity contribution is 0.185. The normalized spacial score (nSPS) is 9.62. The van der Waals surface area contributed by atoms with Crippen molar-refractivity contribution in [3.8, 4) is 0 Å². The lowest BCUT2D eigenvalue weighted by Crippen LogP contribution is -1.91. The summed E-state index contributed by atoms with van der Waals surface area (Å²) in [6, 6.07) is 0. The Morgan fingerprint density at radius 2 is 2.50 bits per heavy atom. The fraction of sp³-hybridized carbons (Fsp3) is 0.250. The lowest BCUT2D eigenvalue weighted by Gasteiger charge is -1.89. The molecule has 0 unspecified atom stereocenters. The van der Waals surface area contributed by atoms with Gasteiger partial charge in [-0.25, -0.2) is 4.79 Å². The first-order chi connectivity index (χ1) is 3.77. The third-order valence-corrected chi connectivity index (χ3v) is 0.508. The van der Waals surface area contributed by atoms with Crippen LogP contribution in [0, 0.1) is 0 Å². The van der Waals surface area contributed by atoms with Crippen molar-refractivity contribution in [1.29, 1.82) is 0 Å². The summed E-state index contributed by atoms with van der Waals surface area (Å²) in [6.45, 7) is 0.0127. The molecule has 4 heteroatoms. The third kappa shape index (κ3) is 5.30. The summed E-state index contributed by atoms with van der Waals surface area (Å²) in [5, 5.41) is 7.96. The van der Waals surface area contributed by atoms with E-state index in [-0.39, 0.29) is 6.61 Å². The van der Waals surface area contributed by atoms with E-state index < -0.39 is 5.43 Å². The molecule has 0 rings (SSSR count). The second-order valence-corrected chi connectivity index (χ2v) is 1.24. The fourth-order valence-corrected chi connectivity index (χ4v) is 0.220. The summed E-state index contributed by atoms with van der Waals surface area (Å²) < 4.78 is 4.16. The molecule has 0 aliphatic carbocycles. The summed E-state index contributed by atoms with van der Waals surface area (Å²) in [5.41, 5.74) is -0.872. The smallest absolute Gasteiger partial charge is 0.404 e. The highest BCUT2D eigenvalue weighted by Crippen LogP contribution is 1.85. The van der Waals surface area contributed by atoms with E-state index in [0.29, 0.717) is 0 Å². The number of hydrogen-bond acceptors (Lipinski definition) is 3. The molecule has 0 radical (unpaired) electrons. The van der Waals surface area contributed by atoms with Crippen LogP contribution in [0.5, 0.6) is 0 Å². The lowest BCUT2D eigenvalue weighted by atomic mass is 10.7. The molecule has 0 atom stereocenters. The molecule has 0 saturated carbocycles. The van der Waals surface area contributed by atoms with Crippen LogP contribution in [0.4, 0.5) is 4.79 Å². The van der Waals surface area contributed by atoms with Gasteiger partial charge in [-0.05, 0) is 6.08 Å². The van der Waals surface area contributed by atoms with Crippen molar-refractivity contribution in [1.82, 2.24) is 0 Å². The van der Waals surface area contributed by atoms with Crippen LogP contribution in [0.2, 0.25) is 0 Å². The van der Waals surface area contributed by atoms with E-state index in [0.717, 1.165) is 6.26 Å². The summed E-state index contributed by atoms with van der Waals surface area (Å²) in [6.07, 6.45) is 2.03. The third-order valence-electron chi connectivity index (χ3n) is 0.398. The zero-order chi connectivity index (χ0) is 6.41. The van der Waals surface area contributed by atoms with Crippen molar-refractivity contribution in [2.45, 2.75) is 0 Å². The van der Waals surface area contributed by atoms with Crippen LogP contribution in [0.15, 0.2) is 12.3 Å². The standard InChI is InChI=1S/C4H5ClO3/c5-4(7)8-3-1-2-6/h1-2,6H,3H2. The van der Waals surface area contributed by atoms with E-state index in [1.807, 2.05) is 0 Å². The van der Waals surface area contributed by atoms with Gasteiger partial charge in [0.25, 0.3) is 0 Å². The first-order valence-corrected chi connectivity index (χ1v) is 2.26. The van der Waals surface area contributed by atoms with Crippen LogP contribution in [0.3, 0.4) is 0 Å². The number of aliphatic hydroxyl groups excluding tert-OH is 1. The minimum atomic E-state index is -0.872. The van der Waals surface area contributed by atoms with Crippen molar-refractivity contribution in [3.05, 3.63) is 12.3 Å². The maximum Gasteiger partial charge on any atom is 0.404 e. The molecule has 0 aromatic heterocycles. The van der Waals surface area contributed by atoms with Crippen LogP contribution < -0.4 is 0 Å². The van der Waals surface area contributed by atoms with Crippen molar-refractivity contribution in [3.63, 3.8) is 0 Å². The molecule has 0 fully saturated rings. The van der Waals surface area contributed by atoms with Crippen LogP contribution in [0.1, 0.15) is 0 Å². The molecular weight excluding hydrogens is 131 g/mol. The van der Waals surface area contributed by atoms with E-state index in [1.54, 1.807) is 0 Å². The Morgan fingerprint density at radius 3 is 2.88 bits per heavy atom. The molecule has 1 N–H and O–H groups in total. The van der Waals surface area contributed by atoms with Gasteiger partial charge in [-0.15, -0.1) is 0 Å². The summed E-state index contributed by atoms with van der Waals surface area (Å²) in [5.74, 6) is 0. The number of aliphatic hydroxyl groups is 1. The number of halogens is 1. The Balaban J connectivity index is 3.05. The number of rotatable bonds is 2. The van der Waals surface area contributed by atoms with Gasteiger partial charge >= 0.3 is 5.43 Å². The molecule has 0 aromatic rings. The van der Waals surface area contributed by atoms with Crippen molar-refractivity contribution >= 4 is 17.0 Å². The average Bonchev–Trinajstić information content (AvgIpc) is 1.66. The van der Waals surface area contributed by atoms with Gasteiger partial charge < -0.3 is 9.84 Å². The van der Waals surface area contributed by atoms with Gasteiger partial charge in [0.15, 0.2) is 0 Å². The molecule has 0 aliphatic rings. The van der Waals surface area contributed by atoms with E-state index in [1.165, 1.54) is 6.08 Å². The minimum absolute atomic E-state index is 0.0127. The largest absolute Gasteiger partial charge is 0.516 e. The van der Waals surface area contributed by atoms with Gasteiger partial charge in [-0.2, -0.15) is 0 Å². The zero-order valence-electron chi connectivity index (χ0n) is 4.00. The maximum absolute atomic E-state index is 9.75. The molecule has 0 heterocycles. The number of ether oxygens (including phenoxy) is 1. The van der Waals surface area contributed by atoms with Crippen LogP contribution >= 0.6 is 11.6 Å². The van der Waals surface area contributed by atoms with Crippen molar-refractivity contribution in [2.24, 2.45) is 0 Å². The zero-order valence-corrected chi connectivity index (χ0v) is 4.76. The topological polar surface area (TPSA) is 46.5 Å². The highest BCUT2D eigenvalue weighted by Gasteiger charge is 1.88. The molecule has 0 aliphatic heterocycles. The second kappa shape index (κ2) is 4.46. The minimum Gasteiger partial charge on any atom is -0.516 e. The van der Waals surface area contributed by atoms with Gasteiger partial charge in [-0.1, -0.05) is 0 Å². The van der Waals surface area contributed by atoms with Gasteiger partial charge in [0.2, 0.25) is 0 Å². The van der Waals surface area contributed by atoms with Crippen LogP contribution in [0.25, 0.3) is 0 Å². The fourth-order valence-electron chi connectivity index (χ4n) is 0.157. The number of carbonyl (C=O) groups is 1. The molecule has 0 amide bonds. The predicted octanol–water partition coefficient (Wildman–Crippen LogP) is 1.43. The van der Waals surface area contributed by atoms with E-state index >= 15 is 0 Å². The highest BCUT2D eigenvalue weighted by molar-refractivity contribution is 6.61. The quantitative estimate of drug-likeness (QED) is 0.462. The van der Waals surface area contributed by atoms with Crippen LogP contribution in [-0.2, 0) is 4.74 Å². The van der Waals surface area contributed by atoms with E-state index in [2.05, 4.69) is 4.74 Å². The molecule has 3 nitrogen and oxygen atoms in total. The Kier molecular flexibility index (Phi) is 4.07. The molecule has 0 aromatic carbocycles. The Labute approximate surface area is 51.5 Å². The molecule has 46 valence electrons. The van der Waals surface area contributed by atoms with Crippen molar-refractivity contribution < 1.29 is 14.6 Å². The molecule has 8 heavy (non-hydrogen) atoms. The Bertz CT molecular complexity index is 99.5. The first-order valence-electron chi connectivity index (χ1n) is 1.89. The predicted molar refractivity (Wildman–Crippen MR) is 29.0 cm³/mol. The van der Waals surface area contributed by atoms with E-state index in [9.17, 15) is 4.79 Å². The van der Waals surface area contributed by atoms with Gasteiger partial charge in [0.05, 0.1) is 6.26 Å². The highest BCUT2D eigenvalue weighted by atomic mass is 35.5. The summed E-state index contributed by atoms with van der Waals surface area (Å²) in [7, 11) is 0. The molecular formula is C4H5ClO3. The second-order valence-electron chi connectivity index (χ2n) is 0.933. The van der Waals surface area contributed by atoms with Crippen molar-refractivity contribution in [2.75, 3.05) is 6.61 Å². The van der Waals surface area contributed by atoms with Gasteiger partial charge in [0.1, 0.15) is 6.61 Å². The first kappa shape index (κ1) is 7.30. The van der Waals surface area contributed by atoms with Gasteiger partial charge in [0, 0.05) is 11.6 Å². The average molecular weight is 137 g/mol. The summed E-state index contributed by atoms with van der Waals surface area (Å²) in [4.78, 5) is 9.75. The SMILES string of the molecule is O=C(Cl)OCC=CO.